The first-order chi connectivity index (χ1) is 33.2. The molecular formula is C61H40N6. The molecule has 0 spiro atoms. The second-order valence-electron chi connectivity index (χ2n) is 17.2. The minimum atomic E-state index is -0.492. The van der Waals surface area contributed by atoms with Crippen molar-refractivity contribution in [2.75, 3.05) is 0 Å². The fourth-order valence-corrected chi connectivity index (χ4v) is 10.3. The smallest absolute Gasteiger partial charge is 0.182 e. The average molecular weight is 857 g/mol. The Kier molecular flexibility index (Phi) is 8.96. The SMILES string of the molecule is c1ccc(-c2cccn3nc(-c4cc(-c5cccc(-c6ccc7c(c6)C(c6ccccc6)(c6ccccc6)c6ccccc6-7)c5)cc(-c5nc6c(-c7ccccc7)cccn6n5)c4)nc23)cc1. The summed E-state index contributed by atoms with van der Waals surface area (Å²) in [4.78, 5) is 10.4. The fourth-order valence-electron chi connectivity index (χ4n) is 10.3. The van der Waals surface area contributed by atoms with Gasteiger partial charge >= 0.3 is 0 Å². The predicted molar refractivity (Wildman–Crippen MR) is 269 cm³/mol. The molecule has 1 aliphatic rings. The van der Waals surface area contributed by atoms with Crippen molar-refractivity contribution in [2.24, 2.45) is 0 Å². The van der Waals surface area contributed by atoms with E-state index in [2.05, 4.69) is 206 Å². The summed E-state index contributed by atoms with van der Waals surface area (Å²) in [6, 6.07) is 82.2. The molecule has 314 valence electrons. The van der Waals surface area contributed by atoms with Crippen molar-refractivity contribution >= 4 is 11.3 Å². The second-order valence-corrected chi connectivity index (χ2v) is 17.2. The van der Waals surface area contributed by atoms with Gasteiger partial charge in [0, 0.05) is 34.6 Å². The molecule has 0 saturated heterocycles. The van der Waals surface area contributed by atoms with E-state index in [4.69, 9.17) is 20.2 Å². The maximum absolute atomic E-state index is 5.21. The van der Waals surface area contributed by atoms with Crippen LogP contribution in [0, 0.1) is 0 Å². The van der Waals surface area contributed by atoms with E-state index in [-0.39, 0.29) is 0 Å². The van der Waals surface area contributed by atoms with E-state index < -0.39 is 5.41 Å². The van der Waals surface area contributed by atoms with Crippen molar-refractivity contribution in [2.45, 2.75) is 5.41 Å². The summed E-state index contributed by atoms with van der Waals surface area (Å²) in [6.45, 7) is 0. The van der Waals surface area contributed by atoms with E-state index in [1.54, 1.807) is 0 Å². The molecule has 4 heterocycles. The maximum Gasteiger partial charge on any atom is 0.182 e. The van der Waals surface area contributed by atoms with Crippen molar-refractivity contribution in [1.29, 1.82) is 0 Å². The van der Waals surface area contributed by atoms with E-state index in [0.717, 1.165) is 66.9 Å². The van der Waals surface area contributed by atoms with Gasteiger partial charge in [0.25, 0.3) is 0 Å². The van der Waals surface area contributed by atoms with Gasteiger partial charge in [-0.05, 0) is 121 Å². The van der Waals surface area contributed by atoms with Gasteiger partial charge in [-0.25, -0.2) is 19.0 Å². The molecule has 0 atom stereocenters. The Balaban J connectivity index is 0.979. The van der Waals surface area contributed by atoms with Crippen molar-refractivity contribution in [3.05, 3.63) is 265 Å². The molecule has 0 fully saturated rings. The molecule has 1 aliphatic carbocycles. The van der Waals surface area contributed by atoms with Crippen molar-refractivity contribution in [3.8, 4) is 78.4 Å². The molecule has 0 saturated carbocycles. The molecule has 13 rings (SSSR count). The van der Waals surface area contributed by atoms with Crippen LogP contribution < -0.4 is 0 Å². The summed E-state index contributed by atoms with van der Waals surface area (Å²) in [5.41, 5.74) is 18.9. The highest BCUT2D eigenvalue weighted by Gasteiger charge is 2.46. The van der Waals surface area contributed by atoms with E-state index >= 15 is 0 Å². The summed E-state index contributed by atoms with van der Waals surface area (Å²) < 4.78 is 3.74. The first-order valence-corrected chi connectivity index (χ1v) is 22.6. The molecule has 6 heteroatoms. The Labute approximate surface area is 387 Å². The molecule has 8 aromatic carbocycles. The number of rotatable bonds is 8. The summed E-state index contributed by atoms with van der Waals surface area (Å²) in [6.07, 6.45) is 3.92. The van der Waals surface area contributed by atoms with Gasteiger partial charge in [0.15, 0.2) is 22.9 Å². The first kappa shape index (κ1) is 38.5. The standard InChI is InChI=1S/C61H40N6/c1-5-18-41(19-6-1)51-29-16-34-66-59(51)62-57(64-66)47-37-46(38-48(39-47)58-63-60-52(30-17-35-67(60)65-58)42-20-7-2-8-21-42)44-23-15-22-43(36-44)45-32-33-54-53-28-13-14-31-55(53)61(56(54)40-45,49-24-9-3-10-25-49)50-26-11-4-12-27-50/h1-40H. The summed E-state index contributed by atoms with van der Waals surface area (Å²) in [5.74, 6) is 1.24. The molecule has 0 N–H and O–H groups in total. The third-order valence-corrected chi connectivity index (χ3v) is 13.3. The number of pyridine rings is 2. The normalized spacial score (nSPS) is 12.6. The third kappa shape index (κ3) is 6.33. The summed E-state index contributed by atoms with van der Waals surface area (Å²) in [5, 5.41) is 10.1. The highest BCUT2D eigenvalue weighted by Crippen LogP contribution is 2.56. The topological polar surface area (TPSA) is 60.4 Å². The highest BCUT2D eigenvalue weighted by molar-refractivity contribution is 5.90. The monoisotopic (exact) mass is 856 g/mol. The Hall–Kier alpha value is -9.00. The minimum Gasteiger partial charge on any atom is -0.220 e. The van der Waals surface area contributed by atoms with Crippen LogP contribution in [0.4, 0.5) is 0 Å². The van der Waals surface area contributed by atoms with Gasteiger partial charge in [-0.15, -0.1) is 10.2 Å². The Bertz CT molecular complexity index is 3630. The molecule has 0 bridgehead atoms. The molecular weight excluding hydrogens is 817 g/mol. The zero-order chi connectivity index (χ0) is 44.3. The third-order valence-electron chi connectivity index (χ3n) is 13.3. The zero-order valence-electron chi connectivity index (χ0n) is 36.3. The summed E-state index contributed by atoms with van der Waals surface area (Å²) >= 11 is 0. The van der Waals surface area contributed by atoms with Crippen molar-refractivity contribution in [1.82, 2.24) is 29.2 Å². The van der Waals surface area contributed by atoms with Crippen LogP contribution in [0.5, 0.6) is 0 Å². The quantitative estimate of drug-likeness (QED) is 0.153. The predicted octanol–water partition coefficient (Wildman–Crippen LogP) is 14.1. The van der Waals surface area contributed by atoms with Crippen LogP contribution in [0.3, 0.4) is 0 Å². The summed E-state index contributed by atoms with van der Waals surface area (Å²) in [7, 11) is 0. The Morgan fingerprint density at radius 3 is 1.27 bits per heavy atom. The zero-order valence-corrected chi connectivity index (χ0v) is 36.3. The van der Waals surface area contributed by atoms with Crippen molar-refractivity contribution < 1.29 is 0 Å². The molecule has 0 amide bonds. The van der Waals surface area contributed by atoms with E-state index in [0.29, 0.717) is 11.6 Å². The van der Waals surface area contributed by atoms with E-state index in [9.17, 15) is 0 Å². The number of aromatic nitrogens is 6. The van der Waals surface area contributed by atoms with Gasteiger partial charge in [-0.1, -0.05) is 176 Å². The molecule has 4 aromatic heterocycles. The molecule has 0 unspecified atom stereocenters. The van der Waals surface area contributed by atoms with Crippen LogP contribution in [0.1, 0.15) is 22.3 Å². The lowest BCUT2D eigenvalue weighted by molar-refractivity contribution is 0.769. The fraction of sp³-hybridized carbons (Fsp3) is 0.0164. The van der Waals surface area contributed by atoms with E-state index in [1.165, 1.54) is 33.4 Å². The lowest BCUT2D eigenvalue weighted by Gasteiger charge is -2.34. The lowest BCUT2D eigenvalue weighted by atomic mass is 9.67. The van der Waals surface area contributed by atoms with Gasteiger partial charge in [0.1, 0.15) is 0 Å². The maximum atomic E-state index is 5.21. The molecule has 12 aromatic rings. The van der Waals surface area contributed by atoms with Gasteiger partial charge in [-0.3, -0.25) is 0 Å². The number of nitrogens with zero attached hydrogens (tertiary/aromatic N) is 6. The number of benzene rings is 8. The van der Waals surface area contributed by atoms with E-state index in [1.807, 2.05) is 45.7 Å². The van der Waals surface area contributed by atoms with Crippen molar-refractivity contribution in [3.63, 3.8) is 0 Å². The molecule has 0 radical (unpaired) electrons. The number of hydrogen-bond donors (Lipinski definition) is 0. The number of hydrogen-bond acceptors (Lipinski definition) is 4. The molecule has 67 heavy (non-hydrogen) atoms. The van der Waals surface area contributed by atoms with Gasteiger partial charge in [0.2, 0.25) is 0 Å². The van der Waals surface area contributed by atoms with Crippen LogP contribution in [0.2, 0.25) is 0 Å². The minimum absolute atomic E-state index is 0.492. The van der Waals surface area contributed by atoms with Crippen LogP contribution >= 0.6 is 0 Å². The Morgan fingerprint density at radius 1 is 0.284 bits per heavy atom. The van der Waals surface area contributed by atoms with Gasteiger partial charge in [-0.2, -0.15) is 0 Å². The Morgan fingerprint density at radius 2 is 0.701 bits per heavy atom. The van der Waals surface area contributed by atoms with Crippen LogP contribution in [0.15, 0.2) is 243 Å². The largest absolute Gasteiger partial charge is 0.220 e. The molecule has 0 aliphatic heterocycles. The van der Waals surface area contributed by atoms with Gasteiger partial charge < -0.3 is 0 Å². The van der Waals surface area contributed by atoms with Crippen LogP contribution in [-0.4, -0.2) is 29.2 Å². The average Bonchev–Trinajstić information content (AvgIpc) is 4.13. The number of fused-ring (bicyclic) bond motifs is 5. The van der Waals surface area contributed by atoms with Gasteiger partial charge in [0.05, 0.1) is 5.41 Å². The highest BCUT2D eigenvalue weighted by atomic mass is 15.3. The second kappa shape index (κ2) is 15.6. The van der Waals surface area contributed by atoms with Crippen LogP contribution in [0.25, 0.3) is 89.7 Å². The molecule has 6 nitrogen and oxygen atoms in total. The first-order valence-electron chi connectivity index (χ1n) is 22.6. The van der Waals surface area contributed by atoms with Crippen LogP contribution in [-0.2, 0) is 5.41 Å². The lowest BCUT2D eigenvalue weighted by Crippen LogP contribution is -2.28.